The molecule has 8 nitrogen and oxygen atoms in total. The first kappa shape index (κ1) is 28.7. The fourth-order valence-electron chi connectivity index (χ4n) is 6.55. The average Bonchev–Trinajstić information content (AvgIpc) is 3.61. The van der Waals surface area contributed by atoms with E-state index in [1.54, 1.807) is 23.1 Å². The number of amides is 3. The Bertz CT molecular complexity index is 1310. The van der Waals surface area contributed by atoms with E-state index in [0.717, 1.165) is 30.7 Å². The first-order chi connectivity index (χ1) is 19.8. The molecule has 2 aromatic rings. The zero-order valence-electron chi connectivity index (χ0n) is 24.0. The number of anilines is 1. The van der Waals surface area contributed by atoms with Crippen molar-refractivity contribution in [3.05, 3.63) is 71.1 Å². The van der Waals surface area contributed by atoms with E-state index in [4.69, 9.17) is 4.74 Å². The molecule has 0 radical (unpaired) electrons. The van der Waals surface area contributed by atoms with E-state index in [-0.39, 0.29) is 30.0 Å². The Hall–Kier alpha value is -3.81. The molecule has 218 valence electrons. The molecule has 41 heavy (non-hydrogen) atoms. The predicted octanol–water partition coefficient (Wildman–Crippen LogP) is 5.29. The second-order valence-electron chi connectivity index (χ2n) is 11.9. The molecule has 0 spiro atoms. The van der Waals surface area contributed by atoms with Crippen molar-refractivity contribution in [1.82, 2.24) is 10.6 Å². The van der Waals surface area contributed by atoms with Crippen LogP contribution in [0.2, 0.25) is 0 Å². The zero-order chi connectivity index (χ0) is 28.9. The number of hydrogen-bond donors (Lipinski definition) is 3. The molecule has 1 saturated heterocycles. The molecule has 3 aliphatic rings. The lowest BCUT2D eigenvalue weighted by atomic mass is 9.94. The van der Waals surface area contributed by atoms with Gasteiger partial charge in [-0.1, -0.05) is 43.7 Å². The summed E-state index contributed by atoms with van der Waals surface area (Å²) in [6, 6.07) is 14.9. The fraction of sp³-hybridized carbons (Fsp3) is 0.485. The van der Waals surface area contributed by atoms with Gasteiger partial charge in [-0.25, -0.2) is 0 Å². The molecule has 1 heterocycles. The van der Waals surface area contributed by atoms with Gasteiger partial charge < -0.3 is 25.4 Å². The number of aliphatic hydroxyl groups is 1. The van der Waals surface area contributed by atoms with Crippen molar-refractivity contribution in [2.75, 3.05) is 18.6 Å². The summed E-state index contributed by atoms with van der Waals surface area (Å²) in [5.74, 6) is 0.824. The molecule has 3 N–H and O–H groups in total. The summed E-state index contributed by atoms with van der Waals surface area (Å²) in [6.45, 7) is 2.40. The Labute approximate surface area is 242 Å². The lowest BCUT2D eigenvalue weighted by Crippen LogP contribution is -2.41. The van der Waals surface area contributed by atoms with Gasteiger partial charge in [0.25, 0.3) is 5.91 Å². The summed E-state index contributed by atoms with van der Waals surface area (Å²) in [5.41, 5.74) is 2.19. The highest BCUT2D eigenvalue weighted by atomic mass is 16.5. The highest BCUT2D eigenvalue weighted by molar-refractivity contribution is 5.99. The number of methoxy groups -OCH3 is 1. The third-order valence-corrected chi connectivity index (χ3v) is 8.87. The van der Waals surface area contributed by atoms with Gasteiger partial charge >= 0.3 is 0 Å². The Morgan fingerprint density at radius 3 is 2.59 bits per heavy atom. The summed E-state index contributed by atoms with van der Waals surface area (Å²) < 4.78 is 5.45. The normalized spacial score (nSPS) is 23.1. The molecule has 1 aliphatic heterocycles. The molecule has 8 heteroatoms. The second kappa shape index (κ2) is 12.8. The van der Waals surface area contributed by atoms with Crippen LogP contribution >= 0.6 is 0 Å². The van der Waals surface area contributed by atoms with Gasteiger partial charge in [-0.05, 0) is 61.6 Å². The van der Waals surface area contributed by atoms with Gasteiger partial charge in [-0.15, -0.1) is 0 Å². The summed E-state index contributed by atoms with van der Waals surface area (Å²) in [6.07, 6.45) is 7.34. The monoisotopic (exact) mass is 559 g/mol. The molecule has 2 saturated carbocycles. The molecule has 2 aliphatic carbocycles. The number of benzene rings is 2. The van der Waals surface area contributed by atoms with Gasteiger partial charge in [0.1, 0.15) is 11.5 Å². The Kier molecular flexibility index (Phi) is 8.96. The molecule has 5 rings (SSSR count). The molecular weight excluding hydrogens is 518 g/mol. The number of ether oxygens (including phenoxy) is 1. The number of nitrogens with zero attached hydrogens (tertiary/aromatic N) is 1. The molecule has 3 fully saturated rings. The predicted molar refractivity (Wildman–Crippen MR) is 158 cm³/mol. The van der Waals surface area contributed by atoms with Crippen LogP contribution in [0.15, 0.2) is 60.0 Å². The van der Waals surface area contributed by atoms with E-state index in [2.05, 4.69) is 10.6 Å². The van der Waals surface area contributed by atoms with Crippen LogP contribution in [-0.2, 0) is 16.0 Å². The lowest BCUT2D eigenvalue weighted by molar-refractivity contribution is -0.125. The van der Waals surface area contributed by atoms with Crippen LogP contribution in [0, 0.1) is 17.8 Å². The van der Waals surface area contributed by atoms with Crippen LogP contribution in [0.1, 0.15) is 74.2 Å². The summed E-state index contributed by atoms with van der Waals surface area (Å²) >= 11 is 0. The van der Waals surface area contributed by atoms with E-state index in [9.17, 15) is 19.5 Å². The molecule has 2 aromatic carbocycles. The fourth-order valence-corrected chi connectivity index (χ4v) is 6.55. The van der Waals surface area contributed by atoms with E-state index in [1.807, 2.05) is 37.3 Å². The number of rotatable bonds is 10. The van der Waals surface area contributed by atoms with Crippen LogP contribution in [0.5, 0.6) is 5.75 Å². The minimum atomic E-state index is -0.453. The first-order valence-corrected chi connectivity index (χ1v) is 14.9. The Balaban J connectivity index is 1.34. The van der Waals surface area contributed by atoms with Crippen molar-refractivity contribution in [3.63, 3.8) is 0 Å². The smallest absolute Gasteiger partial charge is 0.255 e. The minimum absolute atomic E-state index is 0.0212. The van der Waals surface area contributed by atoms with Gasteiger partial charge in [-0.2, -0.15) is 0 Å². The molecule has 0 aromatic heterocycles. The average molecular weight is 560 g/mol. The van der Waals surface area contributed by atoms with Crippen molar-refractivity contribution in [3.8, 4) is 5.75 Å². The maximum atomic E-state index is 13.6. The van der Waals surface area contributed by atoms with Crippen LogP contribution in [-0.4, -0.2) is 42.5 Å². The van der Waals surface area contributed by atoms with E-state index < -0.39 is 11.8 Å². The van der Waals surface area contributed by atoms with Gasteiger partial charge in [0.05, 0.1) is 12.8 Å². The van der Waals surface area contributed by atoms with Crippen molar-refractivity contribution in [2.24, 2.45) is 17.8 Å². The maximum absolute atomic E-state index is 13.6. The molecule has 3 amide bonds. The van der Waals surface area contributed by atoms with E-state index in [1.165, 1.54) is 26.4 Å². The third kappa shape index (κ3) is 6.92. The van der Waals surface area contributed by atoms with Gasteiger partial charge in [0, 0.05) is 55.1 Å². The van der Waals surface area contributed by atoms with Crippen molar-refractivity contribution in [1.29, 1.82) is 0 Å². The van der Waals surface area contributed by atoms with Crippen LogP contribution in [0.3, 0.4) is 0 Å². The summed E-state index contributed by atoms with van der Waals surface area (Å²) in [5, 5.41) is 17.4. The summed E-state index contributed by atoms with van der Waals surface area (Å²) in [7, 11) is 1.52. The van der Waals surface area contributed by atoms with Crippen LogP contribution < -0.4 is 20.3 Å². The highest BCUT2D eigenvalue weighted by Gasteiger charge is 2.40. The number of allylic oxidation sites excluding steroid dienone is 2. The highest BCUT2D eigenvalue weighted by Crippen LogP contribution is 2.44. The molecular formula is C33H41N3O5. The minimum Gasteiger partial charge on any atom is -0.510 e. The number of fused-ring (bicyclic) bond motifs is 2. The number of aliphatic hydroxyl groups excluding tert-OH is 1. The number of hydrogen-bond acceptors (Lipinski definition) is 5. The van der Waals surface area contributed by atoms with Gasteiger partial charge in [-0.3, -0.25) is 14.4 Å². The SMILES string of the molecule is COc1cc(C(=O)N/C(Cc2ccccc2)=C(\O)CC(C)C(=O)NC2CC3CCC2C3)cc(N2CCCCC2=O)c1. The topological polar surface area (TPSA) is 108 Å². The third-order valence-electron chi connectivity index (χ3n) is 8.87. The molecule has 2 bridgehead atoms. The molecule has 4 unspecified atom stereocenters. The van der Waals surface area contributed by atoms with E-state index in [0.29, 0.717) is 48.0 Å². The van der Waals surface area contributed by atoms with Crippen LogP contribution in [0.25, 0.3) is 0 Å². The number of piperidine rings is 1. The quantitative estimate of drug-likeness (QED) is 0.343. The number of nitrogens with one attached hydrogen (secondary N) is 2. The van der Waals surface area contributed by atoms with E-state index >= 15 is 0 Å². The zero-order valence-corrected chi connectivity index (χ0v) is 24.0. The second-order valence-corrected chi connectivity index (χ2v) is 11.9. The van der Waals surface area contributed by atoms with Crippen molar-refractivity contribution in [2.45, 2.75) is 70.8 Å². The standard InChI is InChI=1S/C33H41N3O5/c1-21(32(39)34-28-17-23-11-12-24(28)15-23)14-30(37)29(16-22-8-4-3-5-9-22)35-33(40)25-18-26(20-27(19-25)41-2)36-13-7-6-10-31(36)38/h3-5,8-9,18-21,23-24,28,37H,6-7,10-17H2,1-2H3,(H,34,39)(H,35,40)/b30-29-. The molecule has 4 atom stereocenters. The largest absolute Gasteiger partial charge is 0.510 e. The summed E-state index contributed by atoms with van der Waals surface area (Å²) in [4.78, 5) is 40.9. The lowest BCUT2D eigenvalue weighted by Gasteiger charge is -2.27. The van der Waals surface area contributed by atoms with Gasteiger partial charge in [0.15, 0.2) is 0 Å². The van der Waals surface area contributed by atoms with Crippen LogP contribution in [0.4, 0.5) is 5.69 Å². The van der Waals surface area contributed by atoms with Gasteiger partial charge in [0.2, 0.25) is 11.8 Å². The number of carbonyl (C=O) groups excluding carboxylic acids is 3. The Morgan fingerprint density at radius 1 is 1.10 bits per heavy atom. The first-order valence-electron chi connectivity index (χ1n) is 14.9. The van der Waals surface area contributed by atoms with Crippen molar-refractivity contribution < 1.29 is 24.2 Å². The maximum Gasteiger partial charge on any atom is 0.255 e. The Morgan fingerprint density at radius 2 is 1.90 bits per heavy atom. The number of carbonyl (C=O) groups is 3. The van der Waals surface area contributed by atoms with Crippen molar-refractivity contribution >= 4 is 23.4 Å².